The summed E-state index contributed by atoms with van der Waals surface area (Å²) in [6.07, 6.45) is 3.69. The van der Waals surface area contributed by atoms with Gasteiger partial charge in [0.15, 0.2) is 0 Å². The van der Waals surface area contributed by atoms with E-state index in [1.807, 2.05) is 42.0 Å². The maximum atomic E-state index is 12.0. The maximum absolute atomic E-state index is 12.0. The molecule has 1 fully saturated rings. The van der Waals surface area contributed by atoms with Crippen molar-refractivity contribution in [3.63, 3.8) is 0 Å². The van der Waals surface area contributed by atoms with Gasteiger partial charge in [0, 0.05) is 31.9 Å². The molecule has 0 spiro atoms. The van der Waals surface area contributed by atoms with Crippen LogP contribution in [0, 0.1) is 12.8 Å². The van der Waals surface area contributed by atoms with Crippen molar-refractivity contribution in [2.24, 2.45) is 5.92 Å². The van der Waals surface area contributed by atoms with E-state index in [2.05, 4.69) is 4.98 Å². The van der Waals surface area contributed by atoms with Gasteiger partial charge in [-0.15, -0.1) is 0 Å². The van der Waals surface area contributed by atoms with Crippen LogP contribution >= 0.6 is 0 Å². The Labute approximate surface area is 128 Å². The molecule has 6 nitrogen and oxygen atoms in total. The minimum atomic E-state index is -0.908. The van der Waals surface area contributed by atoms with Gasteiger partial charge in [-0.3, -0.25) is 9.59 Å². The molecule has 2 aromatic rings. The van der Waals surface area contributed by atoms with Crippen LogP contribution in [0.5, 0.6) is 0 Å². The van der Waals surface area contributed by atoms with E-state index < -0.39 is 11.9 Å². The molecule has 1 amide bonds. The van der Waals surface area contributed by atoms with Crippen LogP contribution in [0.4, 0.5) is 0 Å². The average molecular weight is 299 g/mol. The lowest BCUT2D eigenvalue weighted by atomic mass is 10.1. The lowest BCUT2D eigenvalue weighted by Gasteiger charge is -2.19. The number of carboxylic acids is 1. The molecule has 1 saturated heterocycles. The number of carbonyl (C=O) groups is 2. The molecule has 6 heteroatoms. The van der Waals surface area contributed by atoms with Crippen molar-refractivity contribution >= 4 is 11.9 Å². The third-order valence-corrected chi connectivity index (χ3v) is 4.00. The lowest BCUT2D eigenvalue weighted by molar-refractivity contribution is -0.141. The molecule has 0 bridgehead atoms. The van der Waals surface area contributed by atoms with Gasteiger partial charge in [-0.25, -0.2) is 4.98 Å². The first-order chi connectivity index (χ1) is 10.6. The highest BCUT2D eigenvalue weighted by Gasteiger charge is 2.34. The molecule has 1 aliphatic rings. The number of benzene rings is 1. The Bertz CT molecular complexity index is 723. The van der Waals surface area contributed by atoms with Crippen molar-refractivity contribution in [1.82, 2.24) is 14.5 Å². The predicted molar refractivity (Wildman–Crippen MR) is 79.5 cm³/mol. The lowest BCUT2D eigenvalue weighted by Crippen LogP contribution is -2.26. The zero-order valence-electron chi connectivity index (χ0n) is 12.3. The Kier molecular flexibility index (Phi) is 3.66. The maximum Gasteiger partial charge on any atom is 0.308 e. The summed E-state index contributed by atoms with van der Waals surface area (Å²) < 4.78 is 1.96. The van der Waals surface area contributed by atoms with Crippen molar-refractivity contribution in [2.75, 3.05) is 6.54 Å². The van der Waals surface area contributed by atoms with E-state index in [0.717, 1.165) is 17.1 Å². The number of carboxylic acid groups (broad SMARTS) is 1. The third-order valence-electron chi connectivity index (χ3n) is 4.00. The number of amides is 1. The van der Waals surface area contributed by atoms with Crippen LogP contribution in [0.25, 0.3) is 5.69 Å². The molecule has 1 atom stereocenters. The molecule has 3 rings (SSSR count). The van der Waals surface area contributed by atoms with Crippen molar-refractivity contribution < 1.29 is 14.7 Å². The van der Waals surface area contributed by atoms with Crippen molar-refractivity contribution in [2.45, 2.75) is 19.9 Å². The number of hydrogen-bond acceptors (Lipinski definition) is 3. The Morgan fingerprint density at radius 1 is 1.41 bits per heavy atom. The summed E-state index contributed by atoms with van der Waals surface area (Å²) in [4.78, 5) is 28.9. The van der Waals surface area contributed by atoms with Crippen LogP contribution in [-0.2, 0) is 16.1 Å². The van der Waals surface area contributed by atoms with Gasteiger partial charge in [0.25, 0.3) is 0 Å². The number of likely N-dealkylation sites (tertiary alicyclic amines) is 1. The van der Waals surface area contributed by atoms with Gasteiger partial charge in [0.05, 0.1) is 11.6 Å². The third kappa shape index (κ3) is 2.59. The minimum Gasteiger partial charge on any atom is -0.481 e. The first-order valence-corrected chi connectivity index (χ1v) is 7.15. The summed E-state index contributed by atoms with van der Waals surface area (Å²) in [6, 6.07) is 7.78. The number of hydrogen-bond donors (Lipinski definition) is 1. The first-order valence-electron chi connectivity index (χ1n) is 7.15. The molecule has 1 aromatic heterocycles. The summed E-state index contributed by atoms with van der Waals surface area (Å²) in [5.74, 6) is -0.752. The molecular weight excluding hydrogens is 282 g/mol. The summed E-state index contributed by atoms with van der Waals surface area (Å²) in [5, 5.41) is 9.06. The second-order valence-electron chi connectivity index (χ2n) is 5.49. The molecule has 0 aliphatic carbocycles. The Hall–Kier alpha value is -2.63. The Balaban J connectivity index is 1.86. The van der Waals surface area contributed by atoms with E-state index in [1.165, 1.54) is 0 Å². The standard InChI is InChI=1S/C16H17N3O3/c1-11-17-6-7-19(11)14-5-3-2-4-12(14)9-18-10-13(16(21)22)8-15(18)20/h2-7,13H,8-10H2,1H3,(H,21,22)/t13-/m1/s1. The number of aromatic nitrogens is 2. The van der Waals surface area contributed by atoms with Crippen LogP contribution in [-0.4, -0.2) is 38.0 Å². The molecule has 1 aromatic carbocycles. The highest BCUT2D eigenvalue weighted by atomic mass is 16.4. The second-order valence-corrected chi connectivity index (χ2v) is 5.49. The van der Waals surface area contributed by atoms with Crippen molar-refractivity contribution in [1.29, 1.82) is 0 Å². The summed E-state index contributed by atoms with van der Waals surface area (Å²) >= 11 is 0. The number of rotatable bonds is 4. The average Bonchev–Trinajstić information content (AvgIpc) is 3.07. The van der Waals surface area contributed by atoms with E-state index in [1.54, 1.807) is 11.1 Å². The largest absolute Gasteiger partial charge is 0.481 e. The van der Waals surface area contributed by atoms with Crippen LogP contribution in [0.2, 0.25) is 0 Å². The van der Waals surface area contributed by atoms with E-state index in [0.29, 0.717) is 6.54 Å². The fourth-order valence-electron chi connectivity index (χ4n) is 2.81. The van der Waals surface area contributed by atoms with Crippen LogP contribution in [0.3, 0.4) is 0 Å². The molecule has 0 radical (unpaired) electrons. The zero-order valence-corrected chi connectivity index (χ0v) is 12.3. The quantitative estimate of drug-likeness (QED) is 0.930. The normalized spacial score (nSPS) is 18.0. The molecular formula is C16H17N3O3. The SMILES string of the molecule is Cc1nccn1-c1ccccc1CN1C[C@H](C(=O)O)CC1=O. The van der Waals surface area contributed by atoms with Gasteiger partial charge in [0.2, 0.25) is 5.91 Å². The van der Waals surface area contributed by atoms with Crippen LogP contribution in [0.15, 0.2) is 36.7 Å². The fourth-order valence-corrected chi connectivity index (χ4v) is 2.81. The number of imidazole rings is 1. The van der Waals surface area contributed by atoms with E-state index in [4.69, 9.17) is 5.11 Å². The summed E-state index contributed by atoms with van der Waals surface area (Å²) in [7, 11) is 0. The minimum absolute atomic E-state index is 0.0849. The van der Waals surface area contributed by atoms with Gasteiger partial charge in [-0.05, 0) is 18.6 Å². The number of aliphatic carboxylic acids is 1. The molecule has 1 N–H and O–H groups in total. The van der Waals surface area contributed by atoms with Crippen molar-refractivity contribution in [3.8, 4) is 5.69 Å². The van der Waals surface area contributed by atoms with Crippen LogP contribution < -0.4 is 0 Å². The van der Waals surface area contributed by atoms with Gasteiger partial charge in [-0.1, -0.05) is 18.2 Å². The molecule has 1 aliphatic heterocycles. The number of carbonyl (C=O) groups excluding carboxylic acids is 1. The first kappa shape index (κ1) is 14.3. The highest BCUT2D eigenvalue weighted by Crippen LogP contribution is 2.23. The predicted octanol–water partition coefficient (Wildman–Crippen LogP) is 1.61. The fraction of sp³-hybridized carbons (Fsp3) is 0.312. The summed E-state index contributed by atoms with van der Waals surface area (Å²) in [5.41, 5.74) is 1.94. The molecule has 114 valence electrons. The smallest absolute Gasteiger partial charge is 0.308 e. The highest BCUT2D eigenvalue weighted by molar-refractivity contribution is 5.86. The van der Waals surface area contributed by atoms with Crippen molar-refractivity contribution in [3.05, 3.63) is 48.0 Å². The number of para-hydroxylation sites is 1. The molecule has 0 unspecified atom stereocenters. The summed E-state index contributed by atoms with van der Waals surface area (Å²) in [6.45, 7) is 2.60. The Morgan fingerprint density at radius 2 is 2.18 bits per heavy atom. The van der Waals surface area contributed by atoms with Gasteiger partial charge < -0.3 is 14.6 Å². The molecule has 2 heterocycles. The number of aryl methyl sites for hydroxylation is 1. The van der Waals surface area contributed by atoms with Gasteiger partial charge >= 0.3 is 5.97 Å². The molecule has 0 saturated carbocycles. The van der Waals surface area contributed by atoms with Gasteiger partial charge in [0.1, 0.15) is 5.82 Å². The topological polar surface area (TPSA) is 75.4 Å². The monoisotopic (exact) mass is 299 g/mol. The van der Waals surface area contributed by atoms with E-state index >= 15 is 0 Å². The van der Waals surface area contributed by atoms with Crippen LogP contribution in [0.1, 0.15) is 17.8 Å². The second kappa shape index (κ2) is 5.63. The molecule has 22 heavy (non-hydrogen) atoms. The Morgan fingerprint density at radius 3 is 2.82 bits per heavy atom. The van der Waals surface area contributed by atoms with E-state index in [-0.39, 0.29) is 18.9 Å². The number of nitrogens with zero attached hydrogens (tertiary/aromatic N) is 3. The zero-order chi connectivity index (χ0) is 15.7. The van der Waals surface area contributed by atoms with Gasteiger partial charge in [-0.2, -0.15) is 0 Å². The van der Waals surface area contributed by atoms with E-state index in [9.17, 15) is 9.59 Å².